The van der Waals surface area contributed by atoms with Crippen LogP contribution in [0.25, 0.3) is 0 Å². The van der Waals surface area contributed by atoms with Crippen molar-refractivity contribution in [2.45, 2.75) is 44.3 Å². The van der Waals surface area contributed by atoms with Crippen molar-refractivity contribution in [3.8, 4) is 12.1 Å². The van der Waals surface area contributed by atoms with Crippen LogP contribution in [0.2, 0.25) is 0 Å². The number of nitriles is 2. The predicted octanol–water partition coefficient (Wildman–Crippen LogP) is 1.50. The Hall–Kier alpha value is -2.90. The van der Waals surface area contributed by atoms with Gasteiger partial charge in [-0.05, 0) is 37.5 Å². The number of carbonyl (C=O) groups is 2. The zero-order valence-corrected chi connectivity index (χ0v) is 15.9. The van der Waals surface area contributed by atoms with E-state index in [4.69, 9.17) is 5.26 Å². The summed E-state index contributed by atoms with van der Waals surface area (Å²) >= 11 is 0. The largest absolute Gasteiger partial charge is 0.326 e. The first-order valence-electron chi connectivity index (χ1n) is 9.81. The first-order chi connectivity index (χ1) is 13.5. The summed E-state index contributed by atoms with van der Waals surface area (Å²) in [5, 5.41) is 18.3. The Morgan fingerprint density at radius 3 is 2.89 bits per heavy atom. The van der Waals surface area contributed by atoms with Crippen LogP contribution < -0.4 is 4.90 Å². The Balaban J connectivity index is 1.42. The van der Waals surface area contributed by atoms with Gasteiger partial charge in [-0.25, -0.2) is 0 Å². The molecule has 7 nitrogen and oxygen atoms in total. The van der Waals surface area contributed by atoms with Crippen LogP contribution in [0.5, 0.6) is 0 Å². The van der Waals surface area contributed by atoms with Crippen LogP contribution in [-0.2, 0) is 9.59 Å². The number of amides is 2. The molecule has 0 aliphatic carbocycles. The summed E-state index contributed by atoms with van der Waals surface area (Å²) < 4.78 is 0. The molecule has 144 valence electrons. The molecule has 0 N–H and O–H groups in total. The van der Waals surface area contributed by atoms with Crippen molar-refractivity contribution in [1.29, 1.82) is 10.5 Å². The number of piperazine rings is 1. The third kappa shape index (κ3) is 3.02. The van der Waals surface area contributed by atoms with Gasteiger partial charge in [-0.1, -0.05) is 13.0 Å². The van der Waals surface area contributed by atoms with Gasteiger partial charge in [0.2, 0.25) is 11.8 Å². The molecule has 0 saturated carbocycles. The fourth-order valence-electron chi connectivity index (χ4n) is 4.81. The van der Waals surface area contributed by atoms with E-state index in [1.54, 1.807) is 28.0 Å². The fourth-order valence-corrected chi connectivity index (χ4v) is 4.81. The highest BCUT2D eigenvalue weighted by Crippen LogP contribution is 2.36. The molecule has 0 aromatic heterocycles. The number of rotatable bonds is 4. The van der Waals surface area contributed by atoms with Gasteiger partial charge in [-0.3, -0.25) is 14.5 Å². The lowest BCUT2D eigenvalue weighted by Crippen LogP contribution is -2.52. The van der Waals surface area contributed by atoms with Gasteiger partial charge in [-0.2, -0.15) is 10.5 Å². The summed E-state index contributed by atoms with van der Waals surface area (Å²) in [4.78, 5) is 31.3. The third-order valence-corrected chi connectivity index (χ3v) is 6.14. The molecular weight excluding hydrogens is 354 g/mol. The number of benzene rings is 1. The molecular formula is C21H23N5O2. The Bertz CT molecular complexity index is 886. The van der Waals surface area contributed by atoms with Crippen molar-refractivity contribution in [2.75, 3.05) is 24.5 Å². The van der Waals surface area contributed by atoms with Gasteiger partial charge < -0.3 is 9.80 Å². The molecule has 0 unspecified atom stereocenters. The lowest BCUT2D eigenvalue weighted by molar-refractivity contribution is -0.136. The van der Waals surface area contributed by atoms with Crippen LogP contribution in [0, 0.1) is 28.6 Å². The van der Waals surface area contributed by atoms with Crippen molar-refractivity contribution in [3.63, 3.8) is 0 Å². The normalized spacial score (nSPS) is 27.7. The van der Waals surface area contributed by atoms with Crippen molar-refractivity contribution in [1.82, 2.24) is 9.80 Å². The molecule has 3 fully saturated rings. The van der Waals surface area contributed by atoms with E-state index in [0.717, 1.165) is 31.5 Å². The minimum atomic E-state index is -0.311. The molecule has 3 aliphatic heterocycles. The van der Waals surface area contributed by atoms with E-state index in [-0.39, 0.29) is 35.9 Å². The van der Waals surface area contributed by atoms with Crippen LogP contribution in [0.1, 0.15) is 31.7 Å². The zero-order valence-electron chi connectivity index (χ0n) is 15.9. The molecule has 2 amide bonds. The second-order valence-corrected chi connectivity index (χ2v) is 7.95. The van der Waals surface area contributed by atoms with E-state index >= 15 is 0 Å². The molecule has 3 heterocycles. The molecule has 28 heavy (non-hydrogen) atoms. The molecule has 3 saturated heterocycles. The minimum absolute atomic E-state index is 0.0119. The van der Waals surface area contributed by atoms with Crippen molar-refractivity contribution >= 4 is 17.5 Å². The molecule has 3 aliphatic rings. The van der Waals surface area contributed by atoms with E-state index in [1.165, 1.54) is 0 Å². The van der Waals surface area contributed by atoms with Crippen molar-refractivity contribution in [2.24, 2.45) is 5.92 Å². The second-order valence-electron chi connectivity index (χ2n) is 7.95. The SMILES string of the molecule is C[C@@H](CN1C[C@@H]2C[C@H]1C(=O)N2c1cccc(C#N)c1)C(=O)N1CCC[C@H]1C#N. The van der Waals surface area contributed by atoms with Crippen LogP contribution in [0.3, 0.4) is 0 Å². The minimum Gasteiger partial charge on any atom is -0.326 e. The van der Waals surface area contributed by atoms with E-state index in [9.17, 15) is 14.9 Å². The van der Waals surface area contributed by atoms with Gasteiger partial charge in [0.05, 0.1) is 29.8 Å². The summed E-state index contributed by atoms with van der Waals surface area (Å²) in [5.41, 5.74) is 1.32. The second kappa shape index (κ2) is 7.26. The predicted molar refractivity (Wildman–Crippen MR) is 102 cm³/mol. The smallest absolute Gasteiger partial charge is 0.244 e. The number of hydrogen-bond acceptors (Lipinski definition) is 5. The zero-order chi connectivity index (χ0) is 19.8. The van der Waals surface area contributed by atoms with Gasteiger partial charge in [-0.15, -0.1) is 0 Å². The van der Waals surface area contributed by atoms with E-state index in [2.05, 4.69) is 17.0 Å². The molecule has 4 atom stereocenters. The highest BCUT2D eigenvalue weighted by molar-refractivity contribution is 6.01. The summed E-state index contributed by atoms with van der Waals surface area (Å²) in [6.45, 7) is 3.80. The third-order valence-electron chi connectivity index (χ3n) is 6.14. The van der Waals surface area contributed by atoms with Crippen LogP contribution in [0.15, 0.2) is 24.3 Å². The number of anilines is 1. The lowest BCUT2D eigenvalue weighted by Gasteiger charge is -2.35. The van der Waals surface area contributed by atoms with Crippen LogP contribution in [0.4, 0.5) is 5.69 Å². The highest BCUT2D eigenvalue weighted by Gasteiger charge is 2.50. The average Bonchev–Trinajstić information content (AvgIpc) is 3.41. The molecule has 1 aromatic carbocycles. The quantitative estimate of drug-likeness (QED) is 0.793. The standard InChI is InChI=1S/C21H23N5O2/c1-14(20(27)25-7-3-6-17(25)11-23)12-24-13-18-9-19(24)21(28)26(18)16-5-2-4-15(8-16)10-22/h2,4-5,8,14,17-19H,3,6-7,9,12-13H2,1H3/t14-,17-,18-,19-/m0/s1. The number of carbonyl (C=O) groups excluding carboxylic acids is 2. The maximum Gasteiger partial charge on any atom is 0.244 e. The molecule has 4 rings (SSSR count). The van der Waals surface area contributed by atoms with Gasteiger partial charge in [0.25, 0.3) is 0 Å². The topological polar surface area (TPSA) is 91.4 Å². The molecule has 0 spiro atoms. The van der Waals surface area contributed by atoms with Gasteiger partial charge in [0.1, 0.15) is 6.04 Å². The monoisotopic (exact) mass is 377 g/mol. The van der Waals surface area contributed by atoms with E-state index in [1.807, 2.05) is 13.0 Å². The van der Waals surface area contributed by atoms with Gasteiger partial charge in [0.15, 0.2) is 0 Å². The van der Waals surface area contributed by atoms with Crippen LogP contribution in [-0.4, -0.2) is 59.4 Å². The first kappa shape index (κ1) is 18.5. The van der Waals surface area contributed by atoms with Crippen molar-refractivity contribution < 1.29 is 9.59 Å². The Morgan fingerprint density at radius 2 is 2.18 bits per heavy atom. The summed E-state index contributed by atoms with van der Waals surface area (Å²) in [6.07, 6.45) is 2.37. The van der Waals surface area contributed by atoms with Gasteiger partial charge in [0, 0.05) is 31.2 Å². The Morgan fingerprint density at radius 1 is 1.36 bits per heavy atom. The maximum absolute atomic E-state index is 12.9. The highest BCUT2D eigenvalue weighted by atomic mass is 16.2. The van der Waals surface area contributed by atoms with Crippen LogP contribution >= 0.6 is 0 Å². The Labute approximate surface area is 164 Å². The number of fused-ring (bicyclic) bond motifs is 2. The summed E-state index contributed by atoms with van der Waals surface area (Å²) in [5.74, 6) is -0.184. The summed E-state index contributed by atoms with van der Waals surface area (Å²) in [6, 6.07) is 11.0. The molecule has 0 radical (unpaired) electrons. The molecule has 2 bridgehead atoms. The molecule has 1 aromatic rings. The van der Waals surface area contributed by atoms with Crippen molar-refractivity contribution in [3.05, 3.63) is 29.8 Å². The lowest BCUT2D eigenvalue weighted by atomic mass is 10.1. The van der Waals surface area contributed by atoms with Gasteiger partial charge >= 0.3 is 0 Å². The fraction of sp³-hybridized carbons (Fsp3) is 0.524. The van der Waals surface area contributed by atoms with E-state index < -0.39 is 0 Å². The average molecular weight is 377 g/mol. The first-order valence-corrected chi connectivity index (χ1v) is 9.81. The Kier molecular flexibility index (Phi) is 4.78. The molecule has 7 heteroatoms. The number of likely N-dealkylation sites (tertiary alicyclic amines) is 2. The number of nitrogens with zero attached hydrogens (tertiary/aromatic N) is 5. The summed E-state index contributed by atoms with van der Waals surface area (Å²) in [7, 11) is 0. The maximum atomic E-state index is 12.9. The number of hydrogen-bond donors (Lipinski definition) is 0. The van der Waals surface area contributed by atoms with E-state index in [0.29, 0.717) is 18.7 Å².